The minimum atomic E-state index is -0.415. The van der Waals surface area contributed by atoms with Gasteiger partial charge in [-0.25, -0.2) is 14.8 Å². The summed E-state index contributed by atoms with van der Waals surface area (Å²) in [5.74, 6) is 1.46. The van der Waals surface area contributed by atoms with Crippen LogP contribution in [-0.2, 0) is 5.41 Å². The third kappa shape index (κ3) is 3.79. The average Bonchev–Trinajstić information content (AvgIpc) is 3.35. The molecular weight excluding hydrogens is 386 g/mol. The molecule has 0 unspecified atom stereocenters. The number of amides is 2. The summed E-state index contributed by atoms with van der Waals surface area (Å²) in [7, 11) is 1.54. The highest BCUT2D eigenvalue weighted by Gasteiger charge is 2.20. The van der Waals surface area contributed by atoms with Crippen molar-refractivity contribution in [1.82, 2.24) is 24.7 Å². The van der Waals surface area contributed by atoms with Crippen LogP contribution in [-0.4, -0.2) is 37.8 Å². The summed E-state index contributed by atoms with van der Waals surface area (Å²) in [6, 6.07) is 8.55. The largest absolute Gasteiger partial charge is 0.479 e. The van der Waals surface area contributed by atoms with Gasteiger partial charge < -0.3 is 14.6 Å². The van der Waals surface area contributed by atoms with Crippen LogP contribution in [0.25, 0.3) is 16.9 Å². The molecule has 0 atom stereocenters. The third-order valence-electron chi connectivity index (χ3n) is 4.39. The van der Waals surface area contributed by atoms with Crippen molar-refractivity contribution in [3.05, 3.63) is 48.7 Å². The van der Waals surface area contributed by atoms with E-state index in [0.29, 0.717) is 34.3 Å². The Hall–Kier alpha value is -3.95. The quantitative estimate of drug-likeness (QED) is 0.528. The molecule has 0 fully saturated rings. The number of carbonyl (C=O) groups excluding carboxylic acids is 1. The minimum Gasteiger partial charge on any atom is -0.479 e. The predicted molar refractivity (Wildman–Crippen MR) is 111 cm³/mol. The van der Waals surface area contributed by atoms with Gasteiger partial charge in [-0.1, -0.05) is 25.9 Å². The molecule has 154 valence electrons. The van der Waals surface area contributed by atoms with Crippen LogP contribution >= 0.6 is 0 Å². The van der Waals surface area contributed by atoms with Crippen LogP contribution in [0.5, 0.6) is 5.88 Å². The number of methoxy groups -OCH3 is 1. The number of rotatable bonds is 4. The Morgan fingerprint density at radius 3 is 2.53 bits per heavy atom. The maximum atomic E-state index is 12.2. The van der Waals surface area contributed by atoms with Gasteiger partial charge in [-0.2, -0.15) is 4.98 Å². The maximum Gasteiger partial charge on any atom is 0.324 e. The predicted octanol–water partition coefficient (Wildman–Crippen LogP) is 3.75. The number of ether oxygens (including phenoxy) is 1. The highest BCUT2D eigenvalue weighted by molar-refractivity contribution is 5.99. The van der Waals surface area contributed by atoms with E-state index in [0.717, 1.165) is 5.69 Å². The van der Waals surface area contributed by atoms with Gasteiger partial charge in [0, 0.05) is 22.9 Å². The standard InChI is InChI=1S/C20H21N7O3/c1-20(2,3)14-9-15(26-30-14)25-19(28)24-12-5-7-13(8-6-12)27-11-23-16-17(27)21-10-22-18(16)29-4/h5-11H,1-4H3,(H2,24,25,26,28). The monoisotopic (exact) mass is 407 g/mol. The molecule has 0 saturated carbocycles. The van der Waals surface area contributed by atoms with E-state index >= 15 is 0 Å². The molecule has 0 bridgehead atoms. The summed E-state index contributed by atoms with van der Waals surface area (Å²) in [5, 5.41) is 9.30. The van der Waals surface area contributed by atoms with Crippen LogP contribution in [0.3, 0.4) is 0 Å². The van der Waals surface area contributed by atoms with Crippen molar-refractivity contribution in [1.29, 1.82) is 0 Å². The van der Waals surface area contributed by atoms with E-state index < -0.39 is 6.03 Å². The topological polar surface area (TPSA) is 120 Å². The lowest BCUT2D eigenvalue weighted by molar-refractivity contribution is 0.262. The van der Waals surface area contributed by atoms with Crippen molar-refractivity contribution in [3.8, 4) is 11.6 Å². The first-order valence-electron chi connectivity index (χ1n) is 9.23. The third-order valence-corrected chi connectivity index (χ3v) is 4.39. The number of urea groups is 1. The van der Waals surface area contributed by atoms with Crippen molar-refractivity contribution in [2.75, 3.05) is 17.7 Å². The molecule has 4 rings (SSSR count). The first kappa shape index (κ1) is 19.4. The molecule has 10 heteroatoms. The molecule has 0 spiro atoms. The van der Waals surface area contributed by atoms with Crippen LogP contribution in [0.1, 0.15) is 26.5 Å². The summed E-state index contributed by atoms with van der Waals surface area (Å²) < 4.78 is 12.3. The lowest BCUT2D eigenvalue weighted by Gasteiger charge is -2.12. The van der Waals surface area contributed by atoms with E-state index in [1.165, 1.54) is 13.4 Å². The fraction of sp³-hybridized carbons (Fsp3) is 0.250. The van der Waals surface area contributed by atoms with Gasteiger partial charge in [0.05, 0.1) is 7.11 Å². The number of imidazole rings is 1. The number of carbonyl (C=O) groups is 1. The molecule has 0 saturated heterocycles. The van der Waals surface area contributed by atoms with Gasteiger partial charge in [0.25, 0.3) is 0 Å². The lowest BCUT2D eigenvalue weighted by Crippen LogP contribution is -2.19. The fourth-order valence-corrected chi connectivity index (χ4v) is 2.82. The first-order chi connectivity index (χ1) is 14.3. The Labute approximate surface area is 172 Å². The molecule has 0 aliphatic rings. The number of fused-ring (bicyclic) bond motifs is 1. The van der Waals surface area contributed by atoms with Crippen LogP contribution in [0.4, 0.5) is 16.3 Å². The number of aromatic nitrogens is 5. The van der Waals surface area contributed by atoms with Gasteiger partial charge in [-0.05, 0) is 24.3 Å². The molecular formula is C20H21N7O3. The van der Waals surface area contributed by atoms with Gasteiger partial charge in [0.15, 0.2) is 17.0 Å². The first-order valence-corrected chi connectivity index (χ1v) is 9.23. The Balaban J connectivity index is 1.46. The van der Waals surface area contributed by atoms with E-state index in [4.69, 9.17) is 9.26 Å². The average molecular weight is 407 g/mol. The smallest absolute Gasteiger partial charge is 0.324 e. The molecule has 10 nitrogen and oxygen atoms in total. The second-order valence-electron chi connectivity index (χ2n) is 7.62. The van der Waals surface area contributed by atoms with Gasteiger partial charge in [-0.3, -0.25) is 9.88 Å². The zero-order chi connectivity index (χ0) is 21.3. The Morgan fingerprint density at radius 1 is 1.10 bits per heavy atom. The molecule has 30 heavy (non-hydrogen) atoms. The van der Waals surface area contributed by atoms with Crippen molar-refractivity contribution >= 4 is 28.7 Å². The lowest BCUT2D eigenvalue weighted by atomic mass is 9.93. The molecule has 3 aromatic heterocycles. The highest BCUT2D eigenvalue weighted by atomic mass is 16.5. The van der Waals surface area contributed by atoms with Gasteiger partial charge in [0.2, 0.25) is 5.88 Å². The SMILES string of the molecule is COc1ncnc2c1ncn2-c1ccc(NC(=O)Nc2cc(C(C)(C)C)on2)cc1. The van der Waals surface area contributed by atoms with Crippen LogP contribution in [0, 0.1) is 0 Å². The Bertz CT molecular complexity index is 1190. The second-order valence-corrected chi connectivity index (χ2v) is 7.62. The van der Waals surface area contributed by atoms with Gasteiger partial charge >= 0.3 is 6.03 Å². The summed E-state index contributed by atoms with van der Waals surface area (Å²) in [6.45, 7) is 6.01. The number of hydrogen-bond donors (Lipinski definition) is 2. The number of anilines is 2. The van der Waals surface area contributed by atoms with E-state index in [9.17, 15) is 4.79 Å². The van der Waals surface area contributed by atoms with Crippen molar-refractivity contribution < 1.29 is 14.1 Å². The molecule has 0 aliphatic carbocycles. The number of nitrogens with zero attached hydrogens (tertiary/aromatic N) is 5. The van der Waals surface area contributed by atoms with Crippen LogP contribution in [0.15, 0.2) is 47.5 Å². The van der Waals surface area contributed by atoms with E-state index in [1.807, 2.05) is 37.5 Å². The highest BCUT2D eigenvalue weighted by Crippen LogP contribution is 2.25. The zero-order valence-corrected chi connectivity index (χ0v) is 17.0. The van der Waals surface area contributed by atoms with Crippen molar-refractivity contribution in [2.45, 2.75) is 26.2 Å². The van der Waals surface area contributed by atoms with Gasteiger partial charge in [0.1, 0.15) is 18.4 Å². The Kier molecular flexibility index (Phi) is 4.82. The van der Waals surface area contributed by atoms with Gasteiger partial charge in [-0.15, -0.1) is 0 Å². The molecule has 0 radical (unpaired) electrons. The summed E-state index contributed by atoms with van der Waals surface area (Å²) >= 11 is 0. The van der Waals surface area contributed by atoms with Crippen molar-refractivity contribution in [2.24, 2.45) is 0 Å². The summed E-state index contributed by atoms with van der Waals surface area (Å²) in [6.07, 6.45) is 3.07. The normalized spacial score (nSPS) is 11.5. The minimum absolute atomic E-state index is 0.189. The van der Waals surface area contributed by atoms with Crippen LogP contribution < -0.4 is 15.4 Å². The number of hydrogen-bond acceptors (Lipinski definition) is 7. The Morgan fingerprint density at radius 2 is 1.87 bits per heavy atom. The number of benzene rings is 1. The van der Waals surface area contributed by atoms with Crippen molar-refractivity contribution in [3.63, 3.8) is 0 Å². The molecule has 2 N–H and O–H groups in total. The molecule has 4 aromatic rings. The molecule has 2 amide bonds. The van der Waals surface area contributed by atoms with Crippen LogP contribution in [0.2, 0.25) is 0 Å². The second kappa shape index (κ2) is 7.47. The number of nitrogens with one attached hydrogen (secondary N) is 2. The van der Waals surface area contributed by atoms with E-state index in [-0.39, 0.29) is 5.41 Å². The molecule has 1 aromatic carbocycles. The summed E-state index contributed by atoms with van der Waals surface area (Å²) in [4.78, 5) is 24.9. The molecule has 0 aliphatic heterocycles. The summed E-state index contributed by atoms with van der Waals surface area (Å²) in [5.41, 5.74) is 2.46. The van der Waals surface area contributed by atoms with E-state index in [2.05, 4.69) is 30.7 Å². The zero-order valence-electron chi connectivity index (χ0n) is 17.0. The molecule has 3 heterocycles. The van der Waals surface area contributed by atoms with E-state index in [1.54, 1.807) is 24.5 Å². The fourth-order valence-electron chi connectivity index (χ4n) is 2.82. The maximum absolute atomic E-state index is 12.2.